The third kappa shape index (κ3) is 5.87. The minimum absolute atomic E-state index is 0.0279. The fraction of sp³-hybridized carbons (Fsp3) is 0.250. The van der Waals surface area contributed by atoms with E-state index in [1.165, 1.54) is 18.4 Å². The molecular formula is C20H19F3N4O4. The molecule has 2 amide bonds. The van der Waals surface area contributed by atoms with Crippen LogP contribution >= 0.6 is 0 Å². The van der Waals surface area contributed by atoms with Crippen LogP contribution in [-0.2, 0) is 9.59 Å². The molecular weight excluding hydrogens is 417 g/mol. The molecule has 1 atom stereocenters. The molecule has 0 aliphatic heterocycles. The molecule has 0 aliphatic carbocycles. The summed E-state index contributed by atoms with van der Waals surface area (Å²) in [5, 5.41) is 9.24. The van der Waals surface area contributed by atoms with Crippen molar-refractivity contribution in [3.05, 3.63) is 65.9 Å². The first-order chi connectivity index (χ1) is 14.6. The van der Waals surface area contributed by atoms with Crippen LogP contribution in [0.25, 0.3) is 0 Å². The number of aromatic nitrogens is 2. The Kier molecular flexibility index (Phi) is 6.33. The molecule has 0 bridgehead atoms. The zero-order chi connectivity index (χ0) is 22.6. The van der Waals surface area contributed by atoms with Crippen molar-refractivity contribution in [2.75, 3.05) is 11.9 Å². The molecule has 11 heteroatoms. The van der Waals surface area contributed by atoms with Crippen LogP contribution in [-0.4, -0.2) is 34.5 Å². The fourth-order valence-corrected chi connectivity index (χ4v) is 2.95. The Morgan fingerprint density at radius 2 is 1.87 bits per heavy atom. The molecule has 0 spiro atoms. The number of anilines is 1. The molecule has 0 saturated heterocycles. The van der Waals surface area contributed by atoms with Crippen LogP contribution in [0.5, 0.6) is 5.75 Å². The van der Waals surface area contributed by atoms with E-state index in [1.807, 2.05) is 19.9 Å². The predicted octanol–water partition coefficient (Wildman–Crippen LogP) is 3.34. The summed E-state index contributed by atoms with van der Waals surface area (Å²) in [6.07, 6.45) is -3.32. The highest BCUT2D eigenvalue weighted by molar-refractivity contribution is 6.39. The molecule has 0 fully saturated rings. The van der Waals surface area contributed by atoms with Crippen molar-refractivity contribution in [1.82, 2.24) is 15.1 Å². The number of ether oxygens (including phenoxy) is 1. The molecule has 2 aromatic heterocycles. The molecule has 31 heavy (non-hydrogen) atoms. The number of alkyl halides is 3. The van der Waals surface area contributed by atoms with E-state index in [2.05, 4.69) is 20.5 Å². The van der Waals surface area contributed by atoms with Crippen molar-refractivity contribution < 1.29 is 31.9 Å². The van der Waals surface area contributed by atoms with Gasteiger partial charge in [0.15, 0.2) is 0 Å². The van der Waals surface area contributed by atoms with Gasteiger partial charge in [-0.3, -0.25) is 14.3 Å². The Bertz CT molecular complexity index is 1040. The lowest BCUT2D eigenvalue weighted by Crippen LogP contribution is -2.39. The minimum Gasteiger partial charge on any atom is -0.467 e. The SMILES string of the molecule is Cc1cc(C)n([C@H](CNC(=O)C(=O)Nc2ccc(OC(F)(F)F)cc2)c2ccco2)n1. The molecule has 2 heterocycles. The lowest BCUT2D eigenvalue weighted by Gasteiger charge is -2.18. The number of benzene rings is 1. The Balaban J connectivity index is 1.62. The Labute approximate surface area is 175 Å². The van der Waals surface area contributed by atoms with Crippen molar-refractivity contribution in [2.24, 2.45) is 0 Å². The average Bonchev–Trinajstić information content (AvgIpc) is 3.32. The summed E-state index contributed by atoms with van der Waals surface area (Å²) in [5.41, 5.74) is 1.77. The van der Waals surface area contributed by atoms with Crippen molar-refractivity contribution in [3.63, 3.8) is 0 Å². The second-order valence-corrected chi connectivity index (χ2v) is 6.64. The van der Waals surface area contributed by atoms with Crippen LogP contribution in [0, 0.1) is 13.8 Å². The van der Waals surface area contributed by atoms with Gasteiger partial charge >= 0.3 is 18.2 Å². The average molecular weight is 436 g/mol. The van der Waals surface area contributed by atoms with E-state index in [0.717, 1.165) is 23.5 Å². The normalized spacial score (nSPS) is 12.3. The van der Waals surface area contributed by atoms with Gasteiger partial charge in [-0.25, -0.2) is 0 Å². The first-order valence-electron chi connectivity index (χ1n) is 9.13. The maximum absolute atomic E-state index is 12.2. The van der Waals surface area contributed by atoms with E-state index in [1.54, 1.807) is 16.8 Å². The maximum Gasteiger partial charge on any atom is 0.573 e. The second kappa shape index (κ2) is 8.94. The van der Waals surface area contributed by atoms with Gasteiger partial charge in [-0.1, -0.05) is 0 Å². The summed E-state index contributed by atoms with van der Waals surface area (Å²) < 4.78 is 47.5. The Morgan fingerprint density at radius 1 is 1.16 bits per heavy atom. The van der Waals surface area contributed by atoms with E-state index in [0.29, 0.717) is 5.76 Å². The zero-order valence-corrected chi connectivity index (χ0v) is 16.6. The zero-order valence-electron chi connectivity index (χ0n) is 16.6. The van der Waals surface area contributed by atoms with Gasteiger partial charge in [-0.05, 0) is 56.3 Å². The molecule has 0 unspecified atom stereocenters. The van der Waals surface area contributed by atoms with E-state index in [-0.39, 0.29) is 12.2 Å². The van der Waals surface area contributed by atoms with E-state index >= 15 is 0 Å². The van der Waals surface area contributed by atoms with Crippen LogP contribution in [0.1, 0.15) is 23.2 Å². The highest BCUT2D eigenvalue weighted by Crippen LogP contribution is 2.24. The predicted molar refractivity (Wildman–Crippen MR) is 103 cm³/mol. The summed E-state index contributed by atoms with van der Waals surface area (Å²) in [6, 6.07) is 9.26. The number of furan rings is 1. The van der Waals surface area contributed by atoms with Gasteiger partial charge in [-0.15, -0.1) is 13.2 Å². The fourth-order valence-electron chi connectivity index (χ4n) is 2.95. The lowest BCUT2D eigenvalue weighted by atomic mass is 10.2. The van der Waals surface area contributed by atoms with Crippen molar-refractivity contribution >= 4 is 17.5 Å². The van der Waals surface area contributed by atoms with Crippen LogP contribution in [0.2, 0.25) is 0 Å². The molecule has 0 radical (unpaired) electrons. The number of aryl methyl sites for hydroxylation is 2. The molecule has 2 N–H and O–H groups in total. The van der Waals surface area contributed by atoms with Gasteiger partial charge in [0, 0.05) is 17.9 Å². The minimum atomic E-state index is -4.82. The topological polar surface area (TPSA) is 98.4 Å². The molecule has 8 nitrogen and oxygen atoms in total. The molecule has 0 aliphatic rings. The van der Waals surface area contributed by atoms with Crippen molar-refractivity contribution in [1.29, 1.82) is 0 Å². The summed E-state index contributed by atoms with van der Waals surface area (Å²) in [5.74, 6) is -1.79. The smallest absolute Gasteiger partial charge is 0.467 e. The van der Waals surface area contributed by atoms with Crippen LogP contribution in [0.4, 0.5) is 18.9 Å². The number of nitrogens with zero attached hydrogens (tertiary/aromatic N) is 2. The van der Waals surface area contributed by atoms with Crippen LogP contribution in [0.15, 0.2) is 53.1 Å². The number of halogens is 3. The summed E-state index contributed by atoms with van der Waals surface area (Å²) in [7, 11) is 0. The third-order valence-corrected chi connectivity index (χ3v) is 4.22. The van der Waals surface area contributed by atoms with Gasteiger partial charge < -0.3 is 19.8 Å². The van der Waals surface area contributed by atoms with Gasteiger partial charge in [0.25, 0.3) is 0 Å². The van der Waals surface area contributed by atoms with Crippen molar-refractivity contribution in [2.45, 2.75) is 26.3 Å². The molecule has 0 saturated carbocycles. The quantitative estimate of drug-likeness (QED) is 0.578. The van der Waals surface area contributed by atoms with E-state index in [9.17, 15) is 22.8 Å². The Morgan fingerprint density at radius 3 is 2.42 bits per heavy atom. The monoisotopic (exact) mass is 436 g/mol. The number of carbonyl (C=O) groups is 2. The highest BCUT2D eigenvalue weighted by atomic mass is 19.4. The summed E-state index contributed by atoms with van der Waals surface area (Å²) in [4.78, 5) is 24.4. The maximum atomic E-state index is 12.2. The standard InChI is InChI=1S/C20H19F3N4O4/c1-12-10-13(2)27(26-12)16(17-4-3-9-30-17)11-24-18(28)19(29)25-14-5-7-15(8-6-14)31-20(21,22)23/h3-10,16H,11H2,1-2H3,(H,24,28)(H,25,29)/t16-/m1/s1. The number of amides is 2. The Hall–Kier alpha value is -3.76. The molecule has 164 valence electrons. The van der Waals surface area contributed by atoms with Gasteiger partial charge in [-0.2, -0.15) is 5.10 Å². The molecule has 3 rings (SSSR count). The number of rotatable bonds is 6. The third-order valence-electron chi connectivity index (χ3n) is 4.22. The summed E-state index contributed by atoms with van der Waals surface area (Å²) in [6.45, 7) is 3.72. The largest absolute Gasteiger partial charge is 0.573 e. The number of hydrogen-bond acceptors (Lipinski definition) is 5. The number of carbonyl (C=O) groups excluding carboxylic acids is 2. The van der Waals surface area contributed by atoms with E-state index in [4.69, 9.17) is 4.42 Å². The van der Waals surface area contributed by atoms with E-state index < -0.39 is 30.0 Å². The second-order valence-electron chi connectivity index (χ2n) is 6.64. The van der Waals surface area contributed by atoms with Crippen molar-refractivity contribution in [3.8, 4) is 5.75 Å². The van der Waals surface area contributed by atoms with Gasteiger partial charge in [0.05, 0.1) is 12.0 Å². The highest BCUT2D eigenvalue weighted by Gasteiger charge is 2.31. The molecule has 1 aromatic carbocycles. The summed E-state index contributed by atoms with van der Waals surface area (Å²) >= 11 is 0. The first-order valence-corrected chi connectivity index (χ1v) is 9.13. The number of nitrogens with one attached hydrogen (secondary N) is 2. The van der Waals surface area contributed by atoms with Crippen LogP contribution < -0.4 is 15.4 Å². The van der Waals surface area contributed by atoms with Gasteiger partial charge in [0.1, 0.15) is 17.6 Å². The van der Waals surface area contributed by atoms with Crippen LogP contribution in [0.3, 0.4) is 0 Å². The number of hydrogen-bond donors (Lipinski definition) is 2. The molecule has 3 aromatic rings. The first kappa shape index (κ1) is 21.9. The lowest BCUT2D eigenvalue weighted by molar-refractivity contribution is -0.274. The van der Waals surface area contributed by atoms with Gasteiger partial charge in [0.2, 0.25) is 0 Å².